The molecule has 1 spiro atoms. The Morgan fingerprint density at radius 1 is 1.15 bits per heavy atom. The Bertz CT molecular complexity index is 939. The molecule has 142 valence electrons. The van der Waals surface area contributed by atoms with Crippen LogP contribution in [0.25, 0.3) is 5.69 Å². The number of nitrogens with one attached hydrogen (secondary N) is 1. The van der Waals surface area contributed by atoms with Crippen LogP contribution in [0.1, 0.15) is 28.9 Å². The van der Waals surface area contributed by atoms with E-state index in [1.165, 1.54) is 10.7 Å². The van der Waals surface area contributed by atoms with Crippen LogP contribution >= 0.6 is 11.8 Å². The average molecular weight is 386 g/mol. The third kappa shape index (κ3) is 3.07. The molecular formula is C19H22N4O3S. The van der Waals surface area contributed by atoms with Crippen LogP contribution < -0.4 is 5.56 Å². The molecule has 2 aliphatic rings. The van der Waals surface area contributed by atoms with Crippen molar-refractivity contribution in [3.05, 3.63) is 51.9 Å². The maximum atomic E-state index is 12.9. The van der Waals surface area contributed by atoms with Gasteiger partial charge in [0.15, 0.2) is 0 Å². The van der Waals surface area contributed by atoms with Crippen molar-refractivity contribution in [3.63, 3.8) is 0 Å². The monoisotopic (exact) mass is 386 g/mol. The van der Waals surface area contributed by atoms with Gasteiger partial charge < -0.3 is 9.80 Å². The molecule has 1 aromatic carbocycles. The minimum absolute atomic E-state index is 0.152. The number of aromatic nitrogens is 2. The summed E-state index contributed by atoms with van der Waals surface area (Å²) >= 11 is 1.67. The number of rotatable bonds is 2. The Morgan fingerprint density at radius 2 is 1.81 bits per heavy atom. The second-order valence-electron chi connectivity index (χ2n) is 7.16. The first-order valence-corrected chi connectivity index (χ1v) is 9.97. The zero-order valence-electron chi connectivity index (χ0n) is 15.4. The number of aryl methyl sites for hydroxylation is 1. The van der Waals surface area contributed by atoms with E-state index < -0.39 is 0 Å². The molecule has 2 saturated heterocycles. The molecule has 0 unspecified atom stereocenters. The maximum Gasteiger partial charge on any atom is 0.271 e. The summed E-state index contributed by atoms with van der Waals surface area (Å²) in [5.74, 6) is 0.487. The topological polar surface area (TPSA) is 78.4 Å². The van der Waals surface area contributed by atoms with Crippen LogP contribution in [0.15, 0.2) is 35.1 Å². The lowest BCUT2D eigenvalue weighted by atomic mass is 10.0. The van der Waals surface area contributed by atoms with Gasteiger partial charge in [-0.15, -0.1) is 11.8 Å². The Balaban J connectivity index is 1.50. The largest absolute Gasteiger partial charge is 0.337 e. The Kier molecular flexibility index (Phi) is 4.38. The molecule has 2 fully saturated rings. The SMILES string of the molecule is Cc1ccc(-n2[nH]c(C(=O)N3CCC4(CC3)SCC(=O)N4C)cc2=O)cc1. The van der Waals surface area contributed by atoms with Gasteiger partial charge in [-0.3, -0.25) is 19.5 Å². The van der Waals surface area contributed by atoms with Crippen LogP contribution in [-0.4, -0.2) is 62.2 Å². The van der Waals surface area contributed by atoms with Gasteiger partial charge in [0.05, 0.1) is 16.3 Å². The van der Waals surface area contributed by atoms with Gasteiger partial charge in [-0.1, -0.05) is 17.7 Å². The standard InChI is InChI=1S/C19H22N4O3S/c1-13-3-5-14(6-4-13)23-16(24)11-15(20-23)18(26)22-9-7-19(8-10-22)21(2)17(25)12-27-19/h3-6,11,20H,7-10,12H2,1-2H3. The lowest BCUT2D eigenvalue weighted by molar-refractivity contribution is -0.129. The lowest BCUT2D eigenvalue weighted by Gasteiger charge is -2.42. The zero-order chi connectivity index (χ0) is 19.2. The van der Waals surface area contributed by atoms with Gasteiger partial charge in [0.2, 0.25) is 5.91 Å². The third-order valence-corrected chi connectivity index (χ3v) is 7.14. The molecule has 0 bridgehead atoms. The number of nitrogens with zero attached hydrogens (tertiary/aromatic N) is 3. The van der Waals surface area contributed by atoms with E-state index in [2.05, 4.69) is 5.10 Å². The highest BCUT2D eigenvalue weighted by molar-refractivity contribution is 8.01. The molecule has 4 rings (SSSR count). The number of benzene rings is 1. The molecule has 0 radical (unpaired) electrons. The molecule has 8 heteroatoms. The first kappa shape index (κ1) is 17.9. The highest BCUT2D eigenvalue weighted by atomic mass is 32.2. The van der Waals surface area contributed by atoms with Crippen molar-refractivity contribution in [1.82, 2.24) is 19.6 Å². The fraction of sp³-hybridized carbons (Fsp3) is 0.421. The number of carbonyl (C=O) groups is 2. The van der Waals surface area contributed by atoms with E-state index in [-0.39, 0.29) is 22.2 Å². The fourth-order valence-corrected chi connectivity index (χ4v) is 5.07. The van der Waals surface area contributed by atoms with Crippen molar-refractivity contribution in [3.8, 4) is 5.69 Å². The summed E-state index contributed by atoms with van der Waals surface area (Å²) < 4.78 is 1.39. The number of amides is 2. The highest BCUT2D eigenvalue weighted by Crippen LogP contribution is 2.43. The van der Waals surface area contributed by atoms with E-state index in [9.17, 15) is 14.4 Å². The van der Waals surface area contributed by atoms with Crippen molar-refractivity contribution in [1.29, 1.82) is 0 Å². The molecule has 27 heavy (non-hydrogen) atoms. The van der Waals surface area contributed by atoms with E-state index in [0.717, 1.165) is 18.4 Å². The quantitative estimate of drug-likeness (QED) is 0.851. The van der Waals surface area contributed by atoms with Gasteiger partial charge in [0, 0.05) is 26.2 Å². The van der Waals surface area contributed by atoms with Crippen molar-refractivity contribution in [2.24, 2.45) is 0 Å². The summed E-state index contributed by atoms with van der Waals surface area (Å²) in [4.78, 5) is 40.4. The van der Waals surface area contributed by atoms with Crippen molar-refractivity contribution in [2.45, 2.75) is 24.6 Å². The number of H-pyrrole nitrogens is 1. The van der Waals surface area contributed by atoms with E-state index in [1.807, 2.05) is 43.1 Å². The number of piperidine rings is 1. The van der Waals surface area contributed by atoms with E-state index in [4.69, 9.17) is 0 Å². The average Bonchev–Trinajstić information content (AvgIpc) is 3.19. The maximum absolute atomic E-state index is 12.9. The third-order valence-electron chi connectivity index (χ3n) is 5.52. The van der Waals surface area contributed by atoms with Crippen molar-refractivity contribution >= 4 is 23.6 Å². The summed E-state index contributed by atoms with van der Waals surface area (Å²) in [5.41, 5.74) is 1.84. The van der Waals surface area contributed by atoms with Gasteiger partial charge in [0.25, 0.3) is 11.5 Å². The molecule has 1 N–H and O–H groups in total. The van der Waals surface area contributed by atoms with Gasteiger partial charge in [-0.05, 0) is 31.9 Å². The molecule has 2 aromatic rings. The van der Waals surface area contributed by atoms with Crippen LogP contribution in [0.4, 0.5) is 0 Å². The van der Waals surface area contributed by atoms with Gasteiger partial charge in [-0.2, -0.15) is 0 Å². The van der Waals surface area contributed by atoms with E-state index in [0.29, 0.717) is 30.2 Å². The highest BCUT2D eigenvalue weighted by Gasteiger charge is 2.46. The molecule has 0 aliphatic carbocycles. The minimum atomic E-state index is -0.257. The number of carbonyl (C=O) groups excluding carboxylic acids is 2. The Morgan fingerprint density at radius 3 is 2.41 bits per heavy atom. The van der Waals surface area contributed by atoms with Crippen LogP contribution in [0.2, 0.25) is 0 Å². The van der Waals surface area contributed by atoms with Crippen LogP contribution in [0.3, 0.4) is 0 Å². The number of hydrogen-bond acceptors (Lipinski definition) is 4. The number of hydrogen-bond donors (Lipinski definition) is 1. The van der Waals surface area contributed by atoms with Gasteiger partial charge >= 0.3 is 0 Å². The first-order chi connectivity index (χ1) is 12.9. The number of thioether (sulfide) groups is 1. The summed E-state index contributed by atoms with van der Waals surface area (Å²) in [6.45, 7) is 3.12. The van der Waals surface area contributed by atoms with Crippen molar-refractivity contribution in [2.75, 3.05) is 25.9 Å². The smallest absolute Gasteiger partial charge is 0.271 e. The van der Waals surface area contributed by atoms with Crippen molar-refractivity contribution < 1.29 is 9.59 Å². The second kappa shape index (κ2) is 6.60. The predicted octanol–water partition coefficient (Wildman–Crippen LogP) is 1.61. The molecule has 2 aliphatic heterocycles. The molecule has 2 amide bonds. The fourth-order valence-electron chi connectivity index (χ4n) is 3.72. The predicted molar refractivity (Wildman–Crippen MR) is 104 cm³/mol. The summed E-state index contributed by atoms with van der Waals surface area (Å²) in [6.07, 6.45) is 1.49. The van der Waals surface area contributed by atoms with Crippen LogP contribution in [0, 0.1) is 6.92 Å². The molecule has 7 nitrogen and oxygen atoms in total. The molecule has 0 saturated carbocycles. The lowest BCUT2D eigenvalue weighted by Crippen LogP contribution is -2.51. The Labute approximate surface area is 161 Å². The molecule has 1 aromatic heterocycles. The summed E-state index contributed by atoms with van der Waals surface area (Å²) in [5, 5.41) is 2.93. The van der Waals surface area contributed by atoms with E-state index >= 15 is 0 Å². The van der Waals surface area contributed by atoms with Gasteiger partial charge in [-0.25, -0.2) is 4.68 Å². The van der Waals surface area contributed by atoms with Crippen LogP contribution in [-0.2, 0) is 4.79 Å². The van der Waals surface area contributed by atoms with Gasteiger partial charge in [0.1, 0.15) is 5.69 Å². The van der Waals surface area contributed by atoms with E-state index in [1.54, 1.807) is 16.7 Å². The zero-order valence-corrected chi connectivity index (χ0v) is 16.2. The molecular weight excluding hydrogens is 364 g/mol. The number of likely N-dealkylation sites (tertiary alicyclic amines) is 1. The Hall–Kier alpha value is -2.48. The second-order valence-corrected chi connectivity index (χ2v) is 8.50. The normalized spacial score (nSPS) is 19.1. The number of aromatic amines is 1. The van der Waals surface area contributed by atoms with Crippen LogP contribution in [0.5, 0.6) is 0 Å². The minimum Gasteiger partial charge on any atom is -0.337 e. The molecule has 0 atom stereocenters. The summed E-state index contributed by atoms with van der Waals surface area (Å²) in [6, 6.07) is 8.88. The first-order valence-electron chi connectivity index (χ1n) is 8.99. The summed E-state index contributed by atoms with van der Waals surface area (Å²) in [7, 11) is 1.85. The molecule has 3 heterocycles.